The fourth-order valence-electron chi connectivity index (χ4n) is 4.74. The van der Waals surface area contributed by atoms with E-state index in [0.29, 0.717) is 6.10 Å². The third-order valence-electron chi connectivity index (χ3n) is 6.17. The van der Waals surface area contributed by atoms with Gasteiger partial charge in [0.15, 0.2) is 0 Å². The van der Waals surface area contributed by atoms with E-state index in [9.17, 15) is 0 Å². The molecule has 19 heavy (non-hydrogen) atoms. The van der Waals surface area contributed by atoms with Crippen molar-refractivity contribution in [1.29, 1.82) is 0 Å². The highest BCUT2D eigenvalue weighted by Gasteiger charge is 2.44. The summed E-state index contributed by atoms with van der Waals surface area (Å²) in [4.78, 5) is 0. The molecule has 1 saturated heterocycles. The monoisotopic (exact) mass is 265 g/mol. The third-order valence-corrected chi connectivity index (χ3v) is 6.17. The molecule has 3 rings (SSSR count). The maximum Gasteiger partial charge on any atom is 0.0687 e. The lowest BCUT2D eigenvalue weighted by atomic mass is 9.73. The summed E-state index contributed by atoms with van der Waals surface area (Å²) in [5.74, 6) is 0.933. The molecule has 2 N–H and O–H groups in total. The SMILES string of the molecule is CCC1CCC(N)(CC2CCC3(CCCC3)O2)CC1. The van der Waals surface area contributed by atoms with Gasteiger partial charge in [-0.05, 0) is 63.7 Å². The van der Waals surface area contributed by atoms with Crippen molar-refractivity contribution in [2.24, 2.45) is 11.7 Å². The Morgan fingerprint density at radius 1 is 1.00 bits per heavy atom. The fourth-order valence-corrected chi connectivity index (χ4v) is 4.74. The van der Waals surface area contributed by atoms with Crippen LogP contribution >= 0.6 is 0 Å². The molecule has 110 valence electrons. The van der Waals surface area contributed by atoms with Crippen LogP contribution in [0, 0.1) is 5.92 Å². The molecular formula is C17H31NO. The Morgan fingerprint density at radius 3 is 2.32 bits per heavy atom. The molecule has 2 heteroatoms. The Balaban J connectivity index is 1.52. The van der Waals surface area contributed by atoms with Gasteiger partial charge in [0, 0.05) is 5.54 Å². The zero-order valence-corrected chi connectivity index (χ0v) is 12.6. The molecule has 0 aromatic carbocycles. The Hall–Kier alpha value is -0.0800. The van der Waals surface area contributed by atoms with Crippen molar-refractivity contribution >= 4 is 0 Å². The van der Waals surface area contributed by atoms with Gasteiger partial charge in [0.05, 0.1) is 11.7 Å². The predicted octanol–water partition coefficient (Wildman–Crippen LogP) is 4.17. The van der Waals surface area contributed by atoms with Crippen LogP contribution in [-0.2, 0) is 4.74 Å². The molecule has 3 fully saturated rings. The molecule has 2 saturated carbocycles. The lowest BCUT2D eigenvalue weighted by molar-refractivity contribution is -0.0490. The molecule has 1 atom stereocenters. The maximum atomic E-state index is 6.66. The molecule has 1 unspecified atom stereocenters. The maximum absolute atomic E-state index is 6.66. The number of rotatable bonds is 3. The topological polar surface area (TPSA) is 35.2 Å². The molecule has 0 bridgehead atoms. The standard InChI is InChI=1S/C17H31NO/c1-2-14-5-10-16(18,11-6-14)13-15-7-12-17(19-15)8-3-4-9-17/h14-15H,2-13,18H2,1H3. The summed E-state index contributed by atoms with van der Waals surface area (Å²) < 4.78 is 6.45. The number of hydrogen-bond acceptors (Lipinski definition) is 2. The van der Waals surface area contributed by atoms with Gasteiger partial charge in [0.2, 0.25) is 0 Å². The molecule has 3 aliphatic rings. The molecule has 1 heterocycles. The van der Waals surface area contributed by atoms with Gasteiger partial charge >= 0.3 is 0 Å². The van der Waals surface area contributed by atoms with Gasteiger partial charge in [-0.3, -0.25) is 0 Å². The summed E-state index contributed by atoms with van der Waals surface area (Å²) >= 11 is 0. The molecule has 0 aromatic heterocycles. The van der Waals surface area contributed by atoms with E-state index in [1.54, 1.807) is 0 Å². The first-order valence-electron chi connectivity index (χ1n) is 8.60. The Kier molecular flexibility index (Phi) is 3.92. The fraction of sp³-hybridized carbons (Fsp3) is 1.00. The van der Waals surface area contributed by atoms with Crippen LogP contribution in [0.4, 0.5) is 0 Å². The zero-order chi connectivity index (χ0) is 13.3. The molecule has 0 aromatic rings. The van der Waals surface area contributed by atoms with Gasteiger partial charge in [0.25, 0.3) is 0 Å². The van der Waals surface area contributed by atoms with Gasteiger partial charge in [-0.25, -0.2) is 0 Å². The highest BCUT2D eigenvalue weighted by Crippen LogP contribution is 2.46. The molecule has 2 nitrogen and oxygen atoms in total. The molecule has 1 spiro atoms. The summed E-state index contributed by atoms with van der Waals surface area (Å²) in [6, 6.07) is 0. The van der Waals surface area contributed by atoms with E-state index in [4.69, 9.17) is 10.5 Å². The molecule has 0 radical (unpaired) electrons. The van der Waals surface area contributed by atoms with Gasteiger partial charge in [-0.15, -0.1) is 0 Å². The number of ether oxygens (including phenoxy) is 1. The first-order chi connectivity index (χ1) is 9.13. The van der Waals surface area contributed by atoms with Crippen molar-refractivity contribution in [3.8, 4) is 0 Å². The Morgan fingerprint density at radius 2 is 1.68 bits per heavy atom. The largest absolute Gasteiger partial charge is 0.372 e. The highest BCUT2D eigenvalue weighted by atomic mass is 16.5. The van der Waals surface area contributed by atoms with Crippen molar-refractivity contribution in [2.45, 2.75) is 101 Å². The van der Waals surface area contributed by atoms with Crippen LogP contribution < -0.4 is 5.73 Å². The normalized spacial score (nSPS) is 42.0. The van der Waals surface area contributed by atoms with Crippen LogP contribution in [0.15, 0.2) is 0 Å². The molecule has 2 aliphatic carbocycles. The van der Waals surface area contributed by atoms with E-state index in [2.05, 4.69) is 6.92 Å². The first-order valence-corrected chi connectivity index (χ1v) is 8.60. The van der Waals surface area contributed by atoms with Crippen LogP contribution in [0.2, 0.25) is 0 Å². The smallest absolute Gasteiger partial charge is 0.0687 e. The lowest BCUT2D eigenvalue weighted by Crippen LogP contribution is -2.46. The zero-order valence-electron chi connectivity index (χ0n) is 12.6. The van der Waals surface area contributed by atoms with Gasteiger partial charge in [-0.1, -0.05) is 26.2 Å². The van der Waals surface area contributed by atoms with E-state index in [1.807, 2.05) is 0 Å². The summed E-state index contributed by atoms with van der Waals surface area (Å²) in [6.45, 7) is 2.32. The minimum Gasteiger partial charge on any atom is -0.372 e. The van der Waals surface area contributed by atoms with Gasteiger partial charge in [0.1, 0.15) is 0 Å². The average Bonchev–Trinajstić information content (AvgIpc) is 3.01. The molecular weight excluding hydrogens is 234 g/mol. The lowest BCUT2D eigenvalue weighted by Gasteiger charge is -2.39. The quantitative estimate of drug-likeness (QED) is 0.831. The average molecular weight is 265 g/mol. The highest BCUT2D eigenvalue weighted by molar-refractivity contribution is 4.97. The number of hydrogen-bond donors (Lipinski definition) is 1. The second kappa shape index (κ2) is 5.37. The summed E-state index contributed by atoms with van der Waals surface area (Å²) in [5, 5.41) is 0. The predicted molar refractivity (Wildman–Crippen MR) is 79.1 cm³/mol. The van der Waals surface area contributed by atoms with Crippen molar-refractivity contribution in [3.05, 3.63) is 0 Å². The van der Waals surface area contributed by atoms with Crippen LogP contribution in [0.5, 0.6) is 0 Å². The van der Waals surface area contributed by atoms with E-state index in [0.717, 1.165) is 12.3 Å². The third kappa shape index (κ3) is 3.00. The number of nitrogens with two attached hydrogens (primary N) is 1. The second-order valence-corrected chi connectivity index (χ2v) is 7.59. The van der Waals surface area contributed by atoms with Crippen LogP contribution in [0.1, 0.15) is 84.0 Å². The minimum absolute atomic E-state index is 0.0838. The second-order valence-electron chi connectivity index (χ2n) is 7.59. The molecule has 0 amide bonds. The summed E-state index contributed by atoms with van der Waals surface area (Å²) in [6.07, 6.45) is 15.9. The minimum atomic E-state index is 0.0838. The van der Waals surface area contributed by atoms with Crippen molar-refractivity contribution < 1.29 is 4.74 Å². The van der Waals surface area contributed by atoms with E-state index < -0.39 is 0 Å². The van der Waals surface area contributed by atoms with Crippen molar-refractivity contribution in [1.82, 2.24) is 0 Å². The molecule has 1 aliphatic heterocycles. The van der Waals surface area contributed by atoms with E-state index in [-0.39, 0.29) is 11.1 Å². The van der Waals surface area contributed by atoms with Gasteiger partial charge in [-0.2, -0.15) is 0 Å². The van der Waals surface area contributed by atoms with Crippen molar-refractivity contribution in [2.75, 3.05) is 0 Å². The van der Waals surface area contributed by atoms with E-state index in [1.165, 1.54) is 70.6 Å². The van der Waals surface area contributed by atoms with Crippen LogP contribution in [0.25, 0.3) is 0 Å². The van der Waals surface area contributed by atoms with E-state index >= 15 is 0 Å². The Bertz CT molecular complexity index is 300. The summed E-state index contributed by atoms with van der Waals surface area (Å²) in [5.41, 5.74) is 7.03. The van der Waals surface area contributed by atoms with Crippen LogP contribution in [0.3, 0.4) is 0 Å². The Labute approximate surface area is 118 Å². The van der Waals surface area contributed by atoms with Crippen LogP contribution in [-0.4, -0.2) is 17.2 Å². The first kappa shape index (κ1) is 13.9. The summed E-state index contributed by atoms with van der Waals surface area (Å²) in [7, 11) is 0. The van der Waals surface area contributed by atoms with Crippen molar-refractivity contribution in [3.63, 3.8) is 0 Å². The van der Waals surface area contributed by atoms with Gasteiger partial charge < -0.3 is 10.5 Å².